The van der Waals surface area contributed by atoms with Crippen molar-refractivity contribution in [1.29, 1.82) is 0 Å². The molecule has 0 aromatic carbocycles. The minimum atomic E-state index is -2.24. The van der Waals surface area contributed by atoms with Gasteiger partial charge in [-0.25, -0.2) is 0 Å². The van der Waals surface area contributed by atoms with Gasteiger partial charge in [0.05, 0.1) is 86.0 Å². The molecule has 0 aromatic heterocycles. The monoisotopic (exact) mass is 963 g/mol. The lowest BCUT2D eigenvalue weighted by Gasteiger charge is -2.46. The number of nitrogens with two attached hydrogens (primary N) is 1. The van der Waals surface area contributed by atoms with Crippen LogP contribution in [0.3, 0.4) is 0 Å². The number of hydrogen-bond acceptors (Lipinski definition) is 17. The Labute approximate surface area is 399 Å². The van der Waals surface area contributed by atoms with Crippen LogP contribution in [0.5, 0.6) is 0 Å². The highest BCUT2D eigenvalue weighted by Gasteiger charge is 2.51. The molecular weight excluding hydrogens is 885 g/mol. The van der Waals surface area contributed by atoms with E-state index in [9.17, 15) is 60.7 Å². The molecule has 13 N–H and O–H groups in total. The third kappa shape index (κ3) is 19.4. The summed E-state index contributed by atoms with van der Waals surface area (Å²) in [5.74, 6) is -4.53. The molecule has 1 aliphatic carbocycles. The maximum Gasteiger partial charge on any atom is 0.308 e. The predicted molar refractivity (Wildman–Crippen MR) is 251 cm³/mol. The van der Waals surface area contributed by atoms with Crippen LogP contribution >= 0.6 is 0 Å². The molecule has 8 unspecified atom stereocenters. The summed E-state index contributed by atoms with van der Waals surface area (Å²) in [6, 6.07) is -1.22. The Balaban J connectivity index is 1.56. The van der Waals surface area contributed by atoms with Crippen molar-refractivity contribution < 1.29 is 79.6 Å². The first kappa shape index (κ1) is 57.1. The fourth-order valence-corrected chi connectivity index (χ4v) is 8.83. The van der Waals surface area contributed by atoms with Gasteiger partial charge in [0.1, 0.15) is 12.2 Å². The minimum Gasteiger partial charge on any atom is -0.462 e. The number of ether oxygens (including phenoxy) is 4. The van der Waals surface area contributed by atoms with Crippen LogP contribution in [0.2, 0.25) is 0 Å². The average molecular weight is 963 g/mol. The molecule has 0 radical (unpaired) electrons. The van der Waals surface area contributed by atoms with Crippen molar-refractivity contribution in [1.82, 2.24) is 5.32 Å². The van der Waals surface area contributed by atoms with Gasteiger partial charge in [0.2, 0.25) is 5.91 Å². The van der Waals surface area contributed by atoms with Crippen molar-refractivity contribution in [2.24, 2.45) is 23.5 Å². The lowest BCUT2D eigenvalue weighted by Crippen LogP contribution is -2.60. The Morgan fingerprint density at radius 2 is 1.28 bits per heavy atom. The topological polar surface area (TPSA) is 311 Å². The van der Waals surface area contributed by atoms with Gasteiger partial charge in [-0.05, 0) is 44.9 Å². The van der Waals surface area contributed by atoms with Crippen molar-refractivity contribution in [2.75, 3.05) is 6.61 Å². The van der Waals surface area contributed by atoms with Crippen molar-refractivity contribution in [2.45, 2.75) is 189 Å². The molecule has 68 heavy (non-hydrogen) atoms. The number of cyclic esters (lactones) is 1. The predicted octanol–water partition coefficient (Wildman–Crippen LogP) is 0.907. The molecule has 3 fully saturated rings. The average Bonchev–Trinajstić information content (AvgIpc) is 3.23. The first-order valence-electron chi connectivity index (χ1n) is 24.0. The lowest BCUT2D eigenvalue weighted by atomic mass is 9.79. The SMILES string of the molecule is C[C@H]1C[C@H](O)[C@@H](C)/C=C/C=C/C=C/C=C/C=C/C=C/C=C/C(O[C@@H]2OC[C@@H](O)[C@H](N)[C@@H]2O)C[C@@H]2OC(O)(CC(O)CC(O)C(O)CCC(O)CC(O)CC(=O)O1)C[C@H](O)C2C(=O)N[C@H]1C[C@H](C)C1. The van der Waals surface area contributed by atoms with E-state index in [1.807, 2.05) is 49.5 Å². The molecule has 3 heterocycles. The maximum absolute atomic E-state index is 13.9. The first-order chi connectivity index (χ1) is 32.2. The van der Waals surface area contributed by atoms with Gasteiger partial charge in [-0.2, -0.15) is 0 Å². The number of nitrogens with one attached hydrogen (secondary N) is 1. The van der Waals surface area contributed by atoms with E-state index in [1.54, 1.807) is 49.5 Å². The fraction of sp³-hybridized carbons (Fsp3) is 0.680. The second-order valence-corrected chi connectivity index (χ2v) is 19.1. The molecule has 18 nitrogen and oxygen atoms in total. The number of aliphatic hydroxyl groups excluding tert-OH is 9. The van der Waals surface area contributed by atoms with E-state index in [4.69, 9.17) is 24.7 Å². The van der Waals surface area contributed by atoms with Gasteiger partial charge in [-0.1, -0.05) is 98.9 Å². The number of amides is 1. The van der Waals surface area contributed by atoms with Crippen LogP contribution in [0.25, 0.3) is 0 Å². The molecule has 384 valence electrons. The van der Waals surface area contributed by atoms with Crippen LogP contribution in [0.15, 0.2) is 85.1 Å². The van der Waals surface area contributed by atoms with Gasteiger partial charge >= 0.3 is 5.97 Å². The zero-order valence-electron chi connectivity index (χ0n) is 39.5. The van der Waals surface area contributed by atoms with Crippen LogP contribution in [0.4, 0.5) is 0 Å². The van der Waals surface area contributed by atoms with Crippen LogP contribution in [0.1, 0.15) is 91.4 Å². The highest BCUT2D eigenvalue weighted by atomic mass is 16.7. The van der Waals surface area contributed by atoms with Gasteiger partial charge < -0.3 is 81.1 Å². The third-order valence-corrected chi connectivity index (χ3v) is 12.8. The lowest BCUT2D eigenvalue weighted by molar-refractivity contribution is -0.304. The second-order valence-electron chi connectivity index (χ2n) is 19.1. The first-order valence-corrected chi connectivity index (χ1v) is 24.0. The summed E-state index contributed by atoms with van der Waals surface area (Å²) >= 11 is 0. The summed E-state index contributed by atoms with van der Waals surface area (Å²) in [7, 11) is 0. The zero-order chi connectivity index (χ0) is 50.0. The summed E-state index contributed by atoms with van der Waals surface area (Å²) in [6.07, 6.45) is 7.87. The Kier molecular flexibility index (Phi) is 23.9. The van der Waals surface area contributed by atoms with E-state index in [-0.39, 0.29) is 50.7 Å². The molecule has 1 saturated carbocycles. The van der Waals surface area contributed by atoms with Gasteiger partial charge in [0, 0.05) is 44.1 Å². The van der Waals surface area contributed by atoms with E-state index < -0.39 is 135 Å². The Hall–Kier alpha value is -3.44. The molecule has 0 aromatic rings. The number of fused-ring (bicyclic) bond motifs is 2. The normalized spacial score (nSPS) is 44.9. The Morgan fingerprint density at radius 3 is 1.90 bits per heavy atom. The molecule has 17 atom stereocenters. The number of carbonyl (C=O) groups excluding carboxylic acids is 2. The maximum atomic E-state index is 13.9. The number of rotatable bonds is 4. The summed E-state index contributed by atoms with van der Waals surface area (Å²) < 4.78 is 23.4. The van der Waals surface area contributed by atoms with Crippen molar-refractivity contribution in [3.05, 3.63) is 85.1 Å². The van der Waals surface area contributed by atoms with E-state index in [0.29, 0.717) is 5.92 Å². The largest absolute Gasteiger partial charge is 0.462 e. The van der Waals surface area contributed by atoms with Gasteiger partial charge in [0.15, 0.2) is 12.1 Å². The highest BCUT2D eigenvalue weighted by Crippen LogP contribution is 2.39. The van der Waals surface area contributed by atoms with Gasteiger partial charge in [-0.3, -0.25) is 9.59 Å². The Bertz CT molecular complexity index is 1750. The third-order valence-electron chi connectivity index (χ3n) is 12.8. The van der Waals surface area contributed by atoms with Crippen molar-refractivity contribution >= 4 is 11.9 Å². The number of allylic oxidation sites excluding steroid dienone is 12. The summed E-state index contributed by atoms with van der Waals surface area (Å²) in [5, 5.41) is 112. The number of aliphatic hydroxyl groups is 10. The second kappa shape index (κ2) is 28.4. The van der Waals surface area contributed by atoms with Gasteiger partial charge in [-0.15, -0.1) is 0 Å². The number of hydrogen-bond donors (Lipinski definition) is 12. The zero-order valence-corrected chi connectivity index (χ0v) is 39.5. The summed E-state index contributed by atoms with van der Waals surface area (Å²) in [6.45, 7) is 5.29. The van der Waals surface area contributed by atoms with Crippen LogP contribution in [-0.4, -0.2) is 167 Å². The van der Waals surface area contributed by atoms with E-state index in [1.165, 1.54) is 0 Å². The molecule has 4 aliphatic rings. The van der Waals surface area contributed by atoms with Crippen LogP contribution < -0.4 is 11.1 Å². The standard InChI is InChI=1S/C50H78N2O16/c1-30-20-33(21-30)52-48(63)45-41(59)28-50(64)27-36(55)24-40(58)38(56)19-18-34(53)23-35(54)25-44(61)66-32(3)22-39(57)31(2)16-14-12-10-8-6-4-5-7-9-11-13-15-17-37(26-43(45)68-50)67-49-47(62)46(51)42(60)29-65-49/h4-17,30-43,45-47,49,53-60,62,64H,18-29,51H2,1-3H3,(H,52,63)/b5-4+,8-6+,9-7+,12-10+,13-11+,16-14+,17-15+/t30-,31-,32-,33-,34?,35?,36?,37?,38?,39-,40?,41-,42+,43-,45?,46-,47-,49-,50?/m0/s1. The van der Waals surface area contributed by atoms with Gasteiger partial charge in [0.25, 0.3) is 0 Å². The minimum absolute atomic E-state index is 0.0826. The number of carbonyl (C=O) groups is 2. The number of esters is 1. The van der Waals surface area contributed by atoms with Crippen molar-refractivity contribution in [3.63, 3.8) is 0 Å². The molecule has 4 rings (SSSR count). The molecule has 0 spiro atoms. The quantitative estimate of drug-likeness (QED) is 0.174. The molecule has 3 aliphatic heterocycles. The van der Waals surface area contributed by atoms with Crippen LogP contribution in [-0.2, 0) is 28.5 Å². The molecule has 18 heteroatoms. The molecular formula is C50H78N2O16. The molecule has 2 bridgehead atoms. The van der Waals surface area contributed by atoms with Crippen molar-refractivity contribution in [3.8, 4) is 0 Å². The summed E-state index contributed by atoms with van der Waals surface area (Å²) in [5.41, 5.74) is 6.02. The van der Waals surface area contributed by atoms with E-state index in [2.05, 4.69) is 12.2 Å². The molecule has 2 saturated heterocycles. The van der Waals surface area contributed by atoms with Crippen LogP contribution in [0, 0.1) is 17.8 Å². The Morgan fingerprint density at radius 1 is 0.676 bits per heavy atom. The molecule has 1 amide bonds. The van der Waals surface area contributed by atoms with E-state index >= 15 is 0 Å². The highest BCUT2D eigenvalue weighted by molar-refractivity contribution is 5.80. The van der Waals surface area contributed by atoms with E-state index in [0.717, 1.165) is 12.8 Å². The summed E-state index contributed by atoms with van der Waals surface area (Å²) in [4.78, 5) is 26.4. The smallest absolute Gasteiger partial charge is 0.308 e. The fourth-order valence-electron chi connectivity index (χ4n) is 8.83.